The van der Waals surface area contributed by atoms with Gasteiger partial charge in [-0.1, -0.05) is 54.1 Å². The van der Waals surface area contributed by atoms with Gasteiger partial charge < -0.3 is 10.2 Å². The first-order chi connectivity index (χ1) is 22.0. The summed E-state index contributed by atoms with van der Waals surface area (Å²) >= 11 is 6.26. The van der Waals surface area contributed by atoms with Gasteiger partial charge in [0.05, 0.1) is 24.2 Å². The number of hydrogen-bond acceptors (Lipinski definition) is 4. The molecule has 46 heavy (non-hydrogen) atoms. The highest BCUT2D eigenvalue weighted by molar-refractivity contribution is 6.33. The molecule has 1 aliphatic rings. The average Bonchev–Trinajstić information content (AvgIpc) is 3.61. The monoisotopic (exact) mass is 643 g/mol. The molecule has 0 bridgehead atoms. The lowest BCUT2D eigenvalue weighted by Gasteiger charge is -2.24. The van der Waals surface area contributed by atoms with Gasteiger partial charge in [-0.3, -0.25) is 19.0 Å². The third kappa shape index (κ3) is 6.67. The fraction of sp³-hybridized carbons (Fsp3) is 0.229. The number of allylic oxidation sites excluding steroid dienone is 1. The van der Waals surface area contributed by atoms with Gasteiger partial charge in [-0.2, -0.15) is 0 Å². The fourth-order valence-corrected chi connectivity index (χ4v) is 5.79. The zero-order valence-electron chi connectivity index (χ0n) is 25.6. The van der Waals surface area contributed by atoms with Gasteiger partial charge in [-0.25, -0.2) is 18.8 Å². The third-order valence-corrected chi connectivity index (χ3v) is 8.32. The van der Waals surface area contributed by atoms with E-state index in [1.54, 1.807) is 55.7 Å². The van der Waals surface area contributed by atoms with Crippen LogP contribution in [0, 0.1) is 5.82 Å². The molecule has 2 heterocycles. The van der Waals surface area contributed by atoms with Gasteiger partial charge in [0.15, 0.2) is 5.82 Å². The van der Waals surface area contributed by atoms with Gasteiger partial charge in [0, 0.05) is 47.3 Å². The minimum Gasteiger partial charge on any atom is -0.327 e. The lowest BCUT2D eigenvalue weighted by molar-refractivity contribution is -0.136. The Morgan fingerprint density at radius 2 is 1.80 bits per heavy atom. The van der Waals surface area contributed by atoms with Crippen molar-refractivity contribution >= 4 is 64.0 Å². The molecule has 3 aromatic carbocycles. The molecule has 1 N–H and O–H groups in total. The predicted molar refractivity (Wildman–Crippen MR) is 179 cm³/mol. The summed E-state index contributed by atoms with van der Waals surface area (Å²) in [7, 11) is 0. The second-order valence-corrected chi connectivity index (χ2v) is 11.5. The number of hydrogen-bond donors (Lipinski definition) is 1. The highest BCUT2D eigenvalue weighted by Gasteiger charge is 2.40. The van der Waals surface area contributed by atoms with Gasteiger partial charge in [0.2, 0.25) is 17.7 Å². The summed E-state index contributed by atoms with van der Waals surface area (Å²) in [5.74, 6) is -1.64. The van der Waals surface area contributed by atoms with Crippen LogP contribution in [0.1, 0.15) is 43.1 Å². The van der Waals surface area contributed by atoms with Crippen LogP contribution in [0.3, 0.4) is 0 Å². The molecule has 4 aromatic rings. The maximum absolute atomic E-state index is 15.5. The zero-order chi connectivity index (χ0) is 33.1. The summed E-state index contributed by atoms with van der Waals surface area (Å²) in [6.07, 6.45) is 1.41. The van der Waals surface area contributed by atoms with Crippen molar-refractivity contribution < 1.29 is 23.2 Å². The largest absolute Gasteiger partial charge is 0.327 e. The number of amides is 2. The number of alkyl halides is 1. The Balaban J connectivity index is 1.39. The van der Waals surface area contributed by atoms with Crippen molar-refractivity contribution in [1.82, 2.24) is 9.47 Å². The van der Waals surface area contributed by atoms with E-state index in [1.165, 1.54) is 22.5 Å². The highest BCUT2D eigenvalue weighted by Crippen LogP contribution is 2.33. The number of nitrogens with one attached hydrogen (secondary N) is 1. The van der Waals surface area contributed by atoms with Crippen LogP contribution in [-0.4, -0.2) is 58.5 Å². The number of benzene rings is 3. The normalized spacial score (nSPS) is 17.0. The number of amidine groups is 1. The Kier molecular flexibility index (Phi) is 9.57. The minimum atomic E-state index is -1.43. The van der Waals surface area contributed by atoms with Crippen LogP contribution in [0.15, 0.2) is 83.0 Å². The predicted octanol–water partition coefficient (Wildman–Crippen LogP) is 7.36. The van der Waals surface area contributed by atoms with Gasteiger partial charge in [-0.15, -0.1) is 0 Å². The molecule has 1 aromatic heterocycles. The number of aliphatic imine (C=N–C) groups is 2. The Hall–Kier alpha value is -4.96. The number of anilines is 1. The van der Waals surface area contributed by atoms with E-state index >= 15 is 4.39 Å². The number of halogens is 3. The highest BCUT2D eigenvalue weighted by atomic mass is 35.5. The van der Waals surface area contributed by atoms with Gasteiger partial charge in [0.1, 0.15) is 18.0 Å². The van der Waals surface area contributed by atoms with Crippen LogP contribution in [0.4, 0.5) is 14.5 Å². The number of fused-ring (bicyclic) bond motifs is 1. The first-order valence-electron chi connectivity index (χ1n) is 14.6. The number of aromatic nitrogens is 1. The molecular formula is C35H32ClF2N5O3. The second kappa shape index (κ2) is 13.6. The molecule has 0 aliphatic carbocycles. The first kappa shape index (κ1) is 32.4. The van der Waals surface area contributed by atoms with Gasteiger partial charge in [0.25, 0.3) is 0 Å². The van der Waals surface area contributed by atoms with E-state index in [0.717, 1.165) is 11.1 Å². The first-order valence-corrected chi connectivity index (χ1v) is 15.0. The molecule has 11 heteroatoms. The van der Waals surface area contributed by atoms with E-state index < -0.39 is 29.8 Å². The average molecular weight is 644 g/mol. The standard InChI is InChI=1S/C35H32ClF2N5O3/c1-20(17-40-21(2)39-4)23-12-13-26-24(18-42(22(3)44)31(26)14-23)15-33(45)43-19-25(37)16-32(43)35(46)41-30-11-7-9-28(34(30)38)27-8-5-6-10-29(27)36/h5-14,17-18,25,32H,4,15-16,19H2,1-3H3,(H,41,46)/b20-17+,40-21?/t25-,32+/m1/s1. The van der Waals surface area contributed by atoms with Gasteiger partial charge in [-0.05, 0) is 55.5 Å². The molecular weight excluding hydrogens is 612 g/mol. The van der Waals surface area contributed by atoms with Crippen LogP contribution >= 0.6 is 11.6 Å². The summed E-state index contributed by atoms with van der Waals surface area (Å²) in [5, 5.41) is 3.56. The van der Waals surface area contributed by atoms with Crippen LogP contribution in [0.25, 0.3) is 27.6 Å². The fourth-order valence-electron chi connectivity index (χ4n) is 5.56. The summed E-state index contributed by atoms with van der Waals surface area (Å²) in [6.45, 7) is 8.18. The molecule has 1 fully saturated rings. The summed E-state index contributed by atoms with van der Waals surface area (Å²) in [4.78, 5) is 48.7. The second-order valence-electron chi connectivity index (χ2n) is 11.1. The van der Waals surface area contributed by atoms with Crippen molar-refractivity contribution in [3.05, 3.63) is 95.0 Å². The lowest BCUT2D eigenvalue weighted by Crippen LogP contribution is -2.44. The quantitative estimate of drug-likeness (QED) is 0.168. The Morgan fingerprint density at radius 1 is 1.07 bits per heavy atom. The van der Waals surface area contributed by atoms with E-state index in [1.807, 2.05) is 25.1 Å². The van der Waals surface area contributed by atoms with Crippen molar-refractivity contribution in [3.8, 4) is 11.1 Å². The topological polar surface area (TPSA) is 96.1 Å². The maximum Gasteiger partial charge on any atom is 0.247 e. The molecule has 0 radical (unpaired) electrons. The summed E-state index contributed by atoms with van der Waals surface area (Å²) < 4.78 is 31.7. The van der Waals surface area contributed by atoms with Crippen LogP contribution in [0.5, 0.6) is 0 Å². The number of carbonyl (C=O) groups is 3. The molecule has 8 nitrogen and oxygen atoms in total. The van der Waals surface area contributed by atoms with Crippen LogP contribution < -0.4 is 5.32 Å². The minimum absolute atomic E-state index is 0.108. The molecule has 236 valence electrons. The van der Waals surface area contributed by atoms with E-state index in [2.05, 4.69) is 22.0 Å². The molecule has 5 rings (SSSR count). The smallest absolute Gasteiger partial charge is 0.247 e. The molecule has 1 saturated heterocycles. The van der Waals surface area contributed by atoms with Crippen molar-refractivity contribution in [1.29, 1.82) is 0 Å². The lowest BCUT2D eigenvalue weighted by atomic mass is 10.0. The van der Waals surface area contributed by atoms with Crippen molar-refractivity contribution in [2.75, 3.05) is 11.9 Å². The Bertz CT molecular complexity index is 1930. The molecule has 0 spiro atoms. The maximum atomic E-state index is 15.5. The number of nitrogens with zero attached hydrogens (tertiary/aromatic N) is 4. The Morgan fingerprint density at radius 3 is 2.52 bits per heavy atom. The zero-order valence-corrected chi connectivity index (χ0v) is 26.3. The molecule has 0 saturated carbocycles. The van der Waals surface area contributed by atoms with E-state index in [0.29, 0.717) is 32.9 Å². The van der Waals surface area contributed by atoms with Gasteiger partial charge >= 0.3 is 0 Å². The van der Waals surface area contributed by atoms with E-state index in [-0.39, 0.29) is 36.5 Å². The van der Waals surface area contributed by atoms with Crippen LogP contribution in [0.2, 0.25) is 5.02 Å². The third-order valence-electron chi connectivity index (χ3n) is 7.99. The molecule has 2 atom stereocenters. The summed E-state index contributed by atoms with van der Waals surface area (Å²) in [6, 6.07) is 15.6. The van der Waals surface area contributed by atoms with Crippen molar-refractivity contribution in [2.24, 2.45) is 9.98 Å². The van der Waals surface area contributed by atoms with Crippen molar-refractivity contribution in [3.63, 3.8) is 0 Å². The number of likely N-dealkylation sites (tertiary alicyclic amines) is 1. The molecule has 1 aliphatic heterocycles. The molecule has 0 unspecified atom stereocenters. The van der Waals surface area contributed by atoms with E-state index in [9.17, 15) is 18.8 Å². The number of rotatable bonds is 7. The van der Waals surface area contributed by atoms with E-state index in [4.69, 9.17) is 11.6 Å². The van der Waals surface area contributed by atoms with Crippen LogP contribution in [-0.2, 0) is 16.0 Å². The number of carbonyl (C=O) groups excluding carboxylic acids is 3. The van der Waals surface area contributed by atoms with Crippen molar-refractivity contribution in [2.45, 2.75) is 45.8 Å². The Labute approximate surface area is 270 Å². The SMILES string of the molecule is C=NC(C)=N/C=C(\C)c1ccc2c(CC(=O)N3C[C@H](F)C[C@H]3C(=O)Nc3cccc(-c4ccccc4Cl)c3F)cn(C(C)=O)c2c1. The molecule has 2 amide bonds. The summed E-state index contributed by atoms with van der Waals surface area (Å²) in [5.41, 5.74) is 3.32.